The van der Waals surface area contributed by atoms with Crippen molar-refractivity contribution in [2.24, 2.45) is 5.92 Å². The van der Waals surface area contributed by atoms with Crippen LogP contribution in [0.2, 0.25) is 0 Å². The second kappa shape index (κ2) is 10.5. The second-order valence-electron chi connectivity index (χ2n) is 7.51. The summed E-state index contributed by atoms with van der Waals surface area (Å²) in [5.41, 5.74) is 1.69. The van der Waals surface area contributed by atoms with Gasteiger partial charge in [-0.1, -0.05) is 50.2 Å². The van der Waals surface area contributed by atoms with E-state index >= 15 is 0 Å². The molecule has 5 nitrogen and oxygen atoms in total. The maximum absolute atomic E-state index is 13.0. The molecular weight excluding hydrogens is 392 g/mol. The van der Waals surface area contributed by atoms with Gasteiger partial charge in [0.15, 0.2) is 11.5 Å². The van der Waals surface area contributed by atoms with Gasteiger partial charge in [0.2, 0.25) is 0 Å². The molecule has 0 heterocycles. The largest absolute Gasteiger partial charge is 0.493 e. The Kier molecular flexibility index (Phi) is 7.55. The highest BCUT2D eigenvalue weighted by Gasteiger charge is 2.27. The molecule has 31 heavy (non-hydrogen) atoms. The van der Waals surface area contributed by atoms with Gasteiger partial charge in [-0.25, -0.2) is 0 Å². The van der Waals surface area contributed by atoms with Crippen molar-refractivity contribution in [3.05, 3.63) is 83.9 Å². The zero-order valence-electron chi connectivity index (χ0n) is 18.3. The third-order valence-corrected chi connectivity index (χ3v) is 4.95. The third kappa shape index (κ3) is 5.79. The topological polar surface area (TPSA) is 54.0 Å². The summed E-state index contributed by atoms with van der Waals surface area (Å²) in [6.45, 7) is 4.16. The lowest BCUT2D eigenvalue weighted by Gasteiger charge is -2.21. The first-order valence-corrected chi connectivity index (χ1v) is 10.2. The molecule has 0 amide bonds. The molecule has 0 radical (unpaired) electrons. The van der Waals surface area contributed by atoms with Gasteiger partial charge in [0.25, 0.3) is 0 Å². The van der Waals surface area contributed by atoms with Crippen molar-refractivity contribution < 1.29 is 23.7 Å². The average Bonchev–Trinajstić information content (AvgIpc) is 2.78. The minimum absolute atomic E-state index is 0.0540. The molecule has 1 atom stereocenters. The highest BCUT2D eigenvalue weighted by Crippen LogP contribution is 2.34. The van der Waals surface area contributed by atoms with Crippen LogP contribution in [0.5, 0.6) is 23.0 Å². The summed E-state index contributed by atoms with van der Waals surface area (Å²) in [5.74, 6) is 2.02. The number of benzene rings is 3. The van der Waals surface area contributed by atoms with Crippen molar-refractivity contribution in [1.29, 1.82) is 0 Å². The fourth-order valence-electron chi connectivity index (χ4n) is 3.41. The van der Waals surface area contributed by atoms with E-state index in [4.69, 9.17) is 18.9 Å². The predicted molar refractivity (Wildman–Crippen MR) is 120 cm³/mol. The van der Waals surface area contributed by atoms with Crippen molar-refractivity contribution >= 4 is 5.97 Å². The number of esters is 1. The second-order valence-corrected chi connectivity index (χ2v) is 7.51. The molecule has 0 aliphatic heterocycles. The first-order chi connectivity index (χ1) is 15.0. The SMILES string of the molecule is COc1ccc(C(C(=O)OCc2cccc(Oc3ccccc3)c2)C(C)C)cc1OC. The lowest BCUT2D eigenvalue weighted by atomic mass is 9.88. The molecule has 0 fully saturated rings. The van der Waals surface area contributed by atoms with Crippen LogP contribution in [0.1, 0.15) is 30.9 Å². The molecule has 0 N–H and O–H groups in total. The number of hydrogen-bond acceptors (Lipinski definition) is 5. The summed E-state index contributed by atoms with van der Waals surface area (Å²) < 4.78 is 22.2. The van der Waals surface area contributed by atoms with Crippen molar-refractivity contribution in [2.45, 2.75) is 26.4 Å². The van der Waals surface area contributed by atoms with Crippen molar-refractivity contribution in [3.8, 4) is 23.0 Å². The van der Waals surface area contributed by atoms with E-state index in [1.165, 1.54) is 0 Å². The highest BCUT2D eigenvalue weighted by atomic mass is 16.5. The normalized spacial score (nSPS) is 11.6. The Balaban J connectivity index is 1.70. The number of rotatable bonds is 9. The van der Waals surface area contributed by atoms with Crippen molar-refractivity contribution in [1.82, 2.24) is 0 Å². The molecule has 0 saturated heterocycles. The van der Waals surface area contributed by atoms with Crippen molar-refractivity contribution in [2.75, 3.05) is 14.2 Å². The average molecular weight is 421 g/mol. The summed E-state index contributed by atoms with van der Waals surface area (Å²) in [5, 5.41) is 0. The van der Waals surface area contributed by atoms with Crippen LogP contribution >= 0.6 is 0 Å². The molecule has 0 spiro atoms. The van der Waals surface area contributed by atoms with Crippen LogP contribution in [-0.2, 0) is 16.1 Å². The third-order valence-electron chi connectivity index (χ3n) is 4.95. The predicted octanol–water partition coefficient (Wildman–Crippen LogP) is 5.98. The maximum atomic E-state index is 13.0. The van der Waals surface area contributed by atoms with Gasteiger partial charge in [-0.3, -0.25) is 4.79 Å². The van der Waals surface area contributed by atoms with Crippen molar-refractivity contribution in [3.63, 3.8) is 0 Å². The number of carbonyl (C=O) groups is 1. The highest BCUT2D eigenvalue weighted by molar-refractivity contribution is 5.79. The van der Waals surface area contributed by atoms with Crippen LogP contribution in [0.25, 0.3) is 0 Å². The Labute approximate surface area is 183 Å². The van der Waals surface area contributed by atoms with E-state index in [-0.39, 0.29) is 18.5 Å². The van der Waals surface area contributed by atoms with Gasteiger partial charge in [0.1, 0.15) is 18.1 Å². The van der Waals surface area contributed by atoms with Gasteiger partial charge in [-0.15, -0.1) is 0 Å². The smallest absolute Gasteiger partial charge is 0.314 e. The Bertz CT molecular complexity index is 998. The molecule has 3 aromatic rings. The molecule has 0 saturated carbocycles. The van der Waals surface area contributed by atoms with Gasteiger partial charge >= 0.3 is 5.97 Å². The minimum Gasteiger partial charge on any atom is -0.493 e. The first kappa shape index (κ1) is 22.2. The molecule has 0 aliphatic rings. The molecule has 3 aromatic carbocycles. The van der Waals surface area contributed by atoms with Gasteiger partial charge in [0.05, 0.1) is 20.1 Å². The number of para-hydroxylation sites is 1. The summed E-state index contributed by atoms with van der Waals surface area (Å²) in [6.07, 6.45) is 0. The number of carbonyl (C=O) groups excluding carboxylic acids is 1. The van der Waals surface area contributed by atoms with E-state index in [2.05, 4.69) is 0 Å². The Morgan fingerprint density at radius 3 is 2.19 bits per heavy atom. The summed E-state index contributed by atoms with van der Waals surface area (Å²) in [4.78, 5) is 13.0. The molecular formula is C26H28O5. The number of ether oxygens (including phenoxy) is 4. The summed E-state index contributed by atoms with van der Waals surface area (Å²) >= 11 is 0. The fraction of sp³-hybridized carbons (Fsp3) is 0.269. The van der Waals surface area contributed by atoms with E-state index in [1.54, 1.807) is 20.3 Å². The Morgan fingerprint density at radius 1 is 0.806 bits per heavy atom. The fourth-order valence-corrected chi connectivity index (χ4v) is 3.41. The lowest BCUT2D eigenvalue weighted by molar-refractivity contribution is -0.148. The molecule has 0 bridgehead atoms. The van der Waals surface area contributed by atoms with E-state index in [0.717, 1.165) is 16.9 Å². The number of methoxy groups -OCH3 is 2. The van der Waals surface area contributed by atoms with Crippen LogP contribution in [0, 0.1) is 5.92 Å². The Hall–Kier alpha value is -3.47. The van der Waals surface area contributed by atoms with Crippen LogP contribution in [-0.4, -0.2) is 20.2 Å². The van der Waals surface area contributed by atoms with E-state index in [0.29, 0.717) is 17.2 Å². The van der Waals surface area contributed by atoms with Gasteiger partial charge < -0.3 is 18.9 Å². The van der Waals surface area contributed by atoms with Gasteiger partial charge in [-0.2, -0.15) is 0 Å². The quantitative estimate of drug-likeness (QED) is 0.399. The van der Waals surface area contributed by atoms with E-state index in [1.807, 2.05) is 80.6 Å². The Morgan fingerprint density at radius 2 is 1.52 bits per heavy atom. The number of hydrogen-bond donors (Lipinski definition) is 0. The van der Waals surface area contributed by atoms with Crippen LogP contribution in [0.3, 0.4) is 0 Å². The van der Waals surface area contributed by atoms with Crippen LogP contribution < -0.4 is 14.2 Å². The lowest BCUT2D eigenvalue weighted by Crippen LogP contribution is -2.21. The van der Waals surface area contributed by atoms with Crippen LogP contribution in [0.15, 0.2) is 72.8 Å². The van der Waals surface area contributed by atoms with Crippen LogP contribution in [0.4, 0.5) is 0 Å². The minimum atomic E-state index is -0.413. The maximum Gasteiger partial charge on any atom is 0.314 e. The molecule has 5 heteroatoms. The molecule has 1 unspecified atom stereocenters. The van der Waals surface area contributed by atoms with Gasteiger partial charge in [-0.05, 0) is 53.4 Å². The molecule has 0 aliphatic carbocycles. The molecule has 162 valence electrons. The van der Waals surface area contributed by atoms with E-state index in [9.17, 15) is 4.79 Å². The molecule has 3 rings (SSSR count). The first-order valence-electron chi connectivity index (χ1n) is 10.2. The molecule has 0 aromatic heterocycles. The monoisotopic (exact) mass is 420 g/mol. The standard InChI is InChI=1S/C26H28O5/c1-18(2)25(20-13-14-23(28-3)24(16-20)29-4)26(27)30-17-19-9-8-12-22(15-19)31-21-10-6-5-7-11-21/h5-16,18,25H,17H2,1-4H3. The van der Waals surface area contributed by atoms with E-state index < -0.39 is 5.92 Å². The zero-order chi connectivity index (χ0) is 22.2. The zero-order valence-corrected chi connectivity index (χ0v) is 18.3. The van der Waals surface area contributed by atoms with Gasteiger partial charge in [0, 0.05) is 0 Å². The summed E-state index contributed by atoms with van der Waals surface area (Å²) in [6, 6.07) is 22.6. The summed E-state index contributed by atoms with van der Waals surface area (Å²) in [7, 11) is 3.16.